The molecule has 0 fully saturated rings. The molecule has 3 aromatic rings. The zero-order valence-corrected chi connectivity index (χ0v) is 18.8. The summed E-state index contributed by atoms with van der Waals surface area (Å²) in [6.07, 6.45) is 1.99. The Hall–Kier alpha value is -3.45. The first-order valence-electron chi connectivity index (χ1n) is 10.5. The second kappa shape index (κ2) is 9.78. The summed E-state index contributed by atoms with van der Waals surface area (Å²) in [6.45, 7) is 7.90. The Morgan fingerprint density at radius 3 is 2.44 bits per heavy atom. The van der Waals surface area contributed by atoms with Gasteiger partial charge in [-0.15, -0.1) is 0 Å². The van der Waals surface area contributed by atoms with Gasteiger partial charge >= 0.3 is 11.9 Å². The van der Waals surface area contributed by atoms with Gasteiger partial charge in [-0.3, -0.25) is 4.98 Å². The van der Waals surface area contributed by atoms with Crippen LogP contribution >= 0.6 is 0 Å². The van der Waals surface area contributed by atoms with Crippen LogP contribution in [0.3, 0.4) is 0 Å². The molecule has 0 bridgehead atoms. The smallest absolute Gasteiger partial charge is 0.341 e. The molecular formula is C25H28N2O5. The molecular weight excluding hydrogens is 408 g/mol. The first-order valence-corrected chi connectivity index (χ1v) is 10.5. The Bertz CT molecular complexity index is 1130. The number of carboxylic acid groups (broad SMARTS) is 1. The van der Waals surface area contributed by atoms with E-state index in [1.165, 1.54) is 12.3 Å². The fraction of sp³-hybridized carbons (Fsp3) is 0.320. The molecule has 0 saturated heterocycles. The van der Waals surface area contributed by atoms with Crippen molar-refractivity contribution in [1.29, 1.82) is 0 Å². The van der Waals surface area contributed by atoms with Crippen molar-refractivity contribution in [2.45, 2.75) is 47.3 Å². The van der Waals surface area contributed by atoms with Crippen LogP contribution in [0.5, 0.6) is 0 Å². The molecule has 0 amide bonds. The van der Waals surface area contributed by atoms with Gasteiger partial charge in [0.2, 0.25) is 0 Å². The zero-order valence-electron chi connectivity index (χ0n) is 18.8. The highest BCUT2D eigenvalue weighted by molar-refractivity contribution is 5.99. The van der Waals surface area contributed by atoms with Gasteiger partial charge in [0.15, 0.2) is 12.4 Å². The van der Waals surface area contributed by atoms with Crippen LogP contribution in [0.25, 0.3) is 11.1 Å². The summed E-state index contributed by atoms with van der Waals surface area (Å²) in [6, 6.07) is 9.18. The Morgan fingerprint density at radius 2 is 1.84 bits per heavy atom. The average molecular weight is 437 g/mol. The third kappa shape index (κ3) is 4.89. The van der Waals surface area contributed by atoms with Crippen molar-refractivity contribution in [3.05, 3.63) is 76.0 Å². The number of pyridine rings is 1. The molecule has 168 valence electrons. The van der Waals surface area contributed by atoms with Gasteiger partial charge in [-0.1, -0.05) is 43.7 Å². The fourth-order valence-corrected chi connectivity index (χ4v) is 3.71. The van der Waals surface area contributed by atoms with E-state index in [-0.39, 0.29) is 24.5 Å². The van der Waals surface area contributed by atoms with E-state index in [1.807, 2.05) is 31.2 Å². The molecule has 0 saturated carbocycles. The van der Waals surface area contributed by atoms with Crippen LogP contribution in [0.1, 0.15) is 62.8 Å². The molecule has 7 heteroatoms. The molecule has 0 radical (unpaired) electrons. The van der Waals surface area contributed by atoms with Crippen molar-refractivity contribution in [3.8, 4) is 11.1 Å². The third-order valence-electron chi connectivity index (χ3n) is 5.22. The van der Waals surface area contributed by atoms with Crippen LogP contribution in [0.15, 0.2) is 41.0 Å². The van der Waals surface area contributed by atoms with E-state index in [4.69, 9.17) is 19.9 Å². The van der Waals surface area contributed by atoms with E-state index in [0.29, 0.717) is 22.7 Å². The second-order valence-electron chi connectivity index (χ2n) is 8.18. The van der Waals surface area contributed by atoms with Crippen LogP contribution in [-0.4, -0.2) is 22.0 Å². The fourth-order valence-electron chi connectivity index (χ4n) is 3.71. The number of carboxylic acids is 1. The van der Waals surface area contributed by atoms with Crippen LogP contribution in [0, 0.1) is 19.8 Å². The van der Waals surface area contributed by atoms with Gasteiger partial charge < -0.3 is 20.0 Å². The number of rotatable bonds is 8. The van der Waals surface area contributed by atoms with Crippen molar-refractivity contribution in [1.82, 2.24) is 4.98 Å². The summed E-state index contributed by atoms with van der Waals surface area (Å²) in [5.41, 5.74) is 11.3. The number of aryl methyl sites for hydroxylation is 2. The minimum absolute atomic E-state index is 0.0404. The van der Waals surface area contributed by atoms with E-state index in [9.17, 15) is 14.7 Å². The highest BCUT2D eigenvalue weighted by Gasteiger charge is 2.25. The first-order chi connectivity index (χ1) is 15.2. The van der Waals surface area contributed by atoms with Gasteiger partial charge in [0, 0.05) is 17.8 Å². The first kappa shape index (κ1) is 23.2. The molecule has 7 nitrogen and oxygen atoms in total. The quantitative estimate of drug-likeness (QED) is 0.493. The Balaban J connectivity index is 2.08. The van der Waals surface area contributed by atoms with E-state index in [0.717, 1.165) is 28.8 Å². The van der Waals surface area contributed by atoms with Gasteiger partial charge in [0.25, 0.3) is 0 Å². The summed E-state index contributed by atoms with van der Waals surface area (Å²) in [4.78, 5) is 29.2. The summed E-state index contributed by atoms with van der Waals surface area (Å²) < 4.78 is 10.7. The Kier molecular flexibility index (Phi) is 7.10. The normalized spacial score (nSPS) is 11.1. The van der Waals surface area contributed by atoms with E-state index in [1.54, 1.807) is 6.92 Å². The lowest BCUT2D eigenvalue weighted by Gasteiger charge is -2.20. The van der Waals surface area contributed by atoms with Gasteiger partial charge in [-0.25, -0.2) is 9.59 Å². The number of ether oxygens (including phenoxy) is 1. The number of carbonyl (C=O) groups excluding carboxylic acids is 1. The molecule has 0 aliphatic rings. The lowest BCUT2D eigenvalue weighted by atomic mass is 9.90. The molecule has 1 aromatic carbocycles. The summed E-state index contributed by atoms with van der Waals surface area (Å²) >= 11 is 0. The van der Waals surface area contributed by atoms with Crippen molar-refractivity contribution >= 4 is 11.9 Å². The lowest BCUT2D eigenvalue weighted by molar-refractivity contribution is 0.0436. The number of nitrogens with zero attached hydrogens (tertiary/aromatic N) is 1. The number of furan rings is 1. The van der Waals surface area contributed by atoms with Crippen LogP contribution in [0.2, 0.25) is 0 Å². The summed E-state index contributed by atoms with van der Waals surface area (Å²) in [7, 11) is 0. The number of nitrogens with two attached hydrogens (primary N) is 1. The molecule has 0 aliphatic carbocycles. The molecule has 3 rings (SSSR count). The monoisotopic (exact) mass is 436 g/mol. The van der Waals surface area contributed by atoms with Crippen molar-refractivity contribution in [2.75, 3.05) is 0 Å². The predicted molar refractivity (Wildman–Crippen MR) is 120 cm³/mol. The summed E-state index contributed by atoms with van der Waals surface area (Å²) in [5.74, 6) is -1.32. The van der Waals surface area contributed by atoms with Crippen molar-refractivity contribution < 1.29 is 23.8 Å². The van der Waals surface area contributed by atoms with E-state index in [2.05, 4.69) is 13.8 Å². The number of hydrogen-bond donors (Lipinski definition) is 2. The standard InChI is InChI=1S/C25H28N2O5/c1-14(2)11-20-19(12-26)23(17-7-5-15(3)6-8-17)22(16(4)27-20)25(30)32-13-21-18(24(28)29)9-10-31-21/h5-10,14H,11-13,26H2,1-4H3,(H,28,29). The molecule has 0 aliphatic heterocycles. The number of benzene rings is 1. The minimum Gasteiger partial charge on any atom is -0.478 e. The Morgan fingerprint density at radius 1 is 1.16 bits per heavy atom. The lowest BCUT2D eigenvalue weighted by Crippen LogP contribution is -2.17. The van der Waals surface area contributed by atoms with Gasteiger partial charge in [0.05, 0.1) is 17.5 Å². The SMILES string of the molecule is Cc1ccc(-c2c(CN)c(CC(C)C)nc(C)c2C(=O)OCc2occc2C(=O)O)cc1. The molecule has 2 heterocycles. The van der Waals surface area contributed by atoms with Crippen LogP contribution < -0.4 is 5.73 Å². The maximum atomic E-state index is 13.2. The van der Waals surface area contributed by atoms with Crippen molar-refractivity contribution in [2.24, 2.45) is 11.7 Å². The van der Waals surface area contributed by atoms with E-state index < -0.39 is 11.9 Å². The van der Waals surface area contributed by atoms with Crippen LogP contribution in [-0.2, 0) is 24.3 Å². The number of hydrogen-bond acceptors (Lipinski definition) is 6. The van der Waals surface area contributed by atoms with Crippen molar-refractivity contribution in [3.63, 3.8) is 0 Å². The highest BCUT2D eigenvalue weighted by atomic mass is 16.5. The molecule has 3 N–H and O–H groups in total. The second-order valence-corrected chi connectivity index (χ2v) is 8.18. The largest absolute Gasteiger partial charge is 0.478 e. The molecule has 0 spiro atoms. The highest BCUT2D eigenvalue weighted by Crippen LogP contribution is 2.33. The van der Waals surface area contributed by atoms with Crippen LogP contribution in [0.4, 0.5) is 0 Å². The van der Waals surface area contributed by atoms with Gasteiger partial charge in [0.1, 0.15) is 5.56 Å². The van der Waals surface area contributed by atoms with Gasteiger partial charge in [-0.05, 0) is 43.4 Å². The maximum absolute atomic E-state index is 13.2. The number of esters is 1. The molecule has 0 unspecified atom stereocenters. The topological polar surface area (TPSA) is 116 Å². The predicted octanol–water partition coefficient (Wildman–Crippen LogP) is 4.67. The molecule has 2 aromatic heterocycles. The minimum atomic E-state index is -1.15. The maximum Gasteiger partial charge on any atom is 0.341 e. The van der Waals surface area contributed by atoms with Gasteiger partial charge in [-0.2, -0.15) is 0 Å². The molecule has 32 heavy (non-hydrogen) atoms. The number of aromatic nitrogens is 1. The number of aromatic carboxylic acids is 1. The average Bonchev–Trinajstić information content (AvgIpc) is 3.21. The molecule has 0 atom stereocenters. The van der Waals surface area contributed by atoms with E-state index >= 15 is 0 Å². The Labute approximate surface area is 187 Å². The summed E-state index contributed by atoms with van der Waals surface area (Å²) in [5, 5.41) is 9.24. The number of carbonyl (C=O) groups is 2. The zero-order chi connectivity index (χ0) is 23.4. The third-order valence-corrected chi connectivity index (χ3v) is 5.22.